The fraction of sp³-hybridized carbons (Fsp3) is 0.0556. The van der Waals surface area contributed by atoms with Crippen molar-refractivity contribution in [3.05, 3.63) is 58.4 Å². The van der Waals surface area contributed by atoms with Gasteiger partial charge in [-0.15, -0.1) is 22.7 Å². The zero-order chi connectivity index (χ0) is 16.7. The van der Waals surface area contributed by atoms with Crippen LogP contribution in [0.5, 0.6) is 0 Å². The predicted octanol–water partition coefficient (Wildman–Crippen LogP) is 6.17. The van der Waals surface area contributed by atoms with Crippen LogP contribution in [0, 0.1) is 0 Å². The van der Waals surface area contributed by atoms with Gasteiger partial charge in [0.15, 0.2) is 0 Å². The third-order valence-electron chi connectivity index (χ3n) is 3.62. The molecule has 25 heavy (non-hydrogen) atoms. The van der Waals surface area contributed by atoms with E-state index in [-0.39, 0.29) is 39.1 Å². The minimum Gasteiger partial charge on any atom is -0.481 e. The van der Waals surface area contributed by atoms with Gasteiger partial charge in [0.25, 0.3) is 0 Å². The summed E-state index contributed by atoms with van der Waals surface area (Å²) in [5, 5.41) is 10.3. The minimum absolute atomic E-state index is 0. The first-order valence-corrected chi connectivity index (χ1v) is 9.20. The van der Waals surface area contributed by atoms with Gasteiger partial charge in [-0.1, -0.05) is 29.8 Å². The Balaban J connectivity index is 0.00000182. The van der Waals surface area contributed by atoms with Crippen molar-refractivity contribution in [3.8, 4) is 21.3 Å². The molecular weight excluding hydrogens is 453 g/mol. The summed E-state index contributed by atoms with van der Waals surface area (Å²) in [6.07, 6.45) is -0.0841. The number of fused-ring (bicyclic) bond motifs is 1. The molecule has 7 heteroatoms. The Morgan fingerprint density at radius 2 is 1.88 bits per heavy atom. The van der Waals surface area contributed by atoms with E-state index in [1.54, 1.807) is 17.4 Å². The van der Waals surface area contributed by atoms with E-state index in [2.05, 4.69) is 18.2 Å². The third-order valence-corrected chi connectivity index (χ3v) is 5.98. The molecule has 4 rings (SSSR count). The molecule has 1 radical (unpaired) electrons. The van der Waals surface area contributed by atoms with E-state index in [4.69, 9.17) is 16.0 Å². The Bertz CT molecular complexity index is 1010. The summed E-state index contributed by atoms with van der Waals surface area (Å²) in [5.74, 6) is 0.385. The van der Waals surface area contributed by atoms with Crippen LogP contribution in [0.15, 0.2) is 52.9 Å². The van der Waals surface area contributed by atoms with Crippen molar-refractivity contribution in [1.82, 2.24) is 0 Å². The number of carboxylic acids is 1. The summed E-state index contributed by atoms with van der Waals surface area (Å²) in [7, 11) is 0. The van der Waals surface area contributed by atoms with Gasteiger partial charge in [-0.2, -0.15) is 0 Å². The average molecular weight is 464 g/mol. The monoisotopic (exact) mass is 463 g/mol. The maximum absolute atomic E-state index is 11.2. The van der Waals surface area contributed by atoms with Crippen molar-refractivity contribution in [2.24, 2.45) is 0 Å². The number of thiophene rings is 2. The van der Waals surface area contributed by atoms with Crippen LogP contribution in [0.4, 0.5) is 0 Å². The topological polar surface area (TPSA) is 50.4 Å². The second-order valence-electron chi connectivity index (χ2n) is 5.29. The first-order valence-electron chi connectivity index (χ1n) is 7.19. The fourth-order valence-corrected chi connectivity index (χ4v) is 4.67. The molecular formula is C18H11ClO3S2Y. The second kappa shape index (κ2) is 7.72. The molecule has 1 aromatic carbocycles. The number of rotatable bonds is 4. The number of aliphatic carboxylic acids is 1. The molecule has 0 aliphatic heterocycles. The summed E-state index contributed by atoms with van der Waals surface area (Å²) < 4.78 is 7.84. The fourth-order valence-electron chi connectivity index (χ4n) is 2.59. The van der Waals surface area contributed by atoms with Gasteiger partial charge in [0.2, 0.25) is 0 Å². The average Bonchev–Trinajstić information content (AvgIpc) is 3.23. The summed E-state index contributed by atoms with van der Waals surface area (Å²) >= 11 is 9.01. The summed E-state index contributed by atoms with van der Waals surface area (Å²) in [5.41, 5.74) is 0.661. The molecule has 0 fully saturated rings. The van der Waals surface area contributed by atoms with Crippen LogP contribution in [-0.4, -0.2) is 11.1 Å². The van der Waals surface area contributed by atoms with Crippen LogP contribution in [0.3, 0.4) is 0 Å². The van der Waals surface area contributed by atoms with Crippen molar-refractivity contribution < 1.29 is 47.0 Å². The number of halogens is 1. The van der Waals surface area contributed by atoms with Gasteiger partial charge in [-0.25, -0.2) is 0 Å². The normalized spacial score (nSPS) is 10.8. The maximum atomic E-state index is 11.2. The Kier molecular flexibility index (Phi) is 5.81. The van der Waals surface area contributed by atoms with Crippen LogP contribution >= 0.6 is 34.3 Å². The van der Waals surface area contributed by atoms with E-state index in [1.807, 2.05) is 24.3 Å². The molecule has 0 unspecified atom stereocenters. The number of hydrogen-bond donors (Lipinski definition) is 1. The van der Waals surface area contributed by atoms with Gasteiger partial charge in [-0.3, -0.25) is 4.79 Å². The molecule has 3 heterocycles. The van der Waals surface area contributed by atoms with Crippen LogP contribution in [0.2, 0.25) is 4.34 Å². The van der Waals surface area contributed by atoms with Crippen LogP contribution < -0.4 is 0 Å². The molecule has 0 spiro atoms. The van der Waals surface area contributed by atoms with Crippen LogP contribution in [0.25, 0.3) is 31.4 Å². The van der Waals surface area contributed by atoms with Crippen molar-refractivity contribution in [2.45, 2.75) is 6.42 Å². The molecule has 0 bridgehead atoms. The standard InChI is InChI=1S/C18H11ClO3S2.Y/c19-16-6-5-14(24-16)18-11(9-17(20)21)7-12(22-18)15-8-10-3-1-2-4-13(10)23-15;/h1-8H,9H2,(H,20,21);. The maximum Gasteiger partial charge on any atom is 0.307 e. The van der Waals surface area contributed by atoms with Gasteiger partial charge in [0, 0.05) is 43.0 Å². The number of benzene rings is 1. The van der Waals surface area contributed by atoms with E-state index >= 15 is 0 Å². The smallest absolute Gasteiger partial charge is 0.307 e. The minimum atomic E-state index is -0.886. The summed E-state index contributed by atoms with van der Waals surface area (Å²) in [6.45, 7) is 0. The van der Waals surface area contributed by atoms with Gasteiger partial charge < -0.3 is 9.52 Å². The first kappa shape index (κ1) is 18.8. The van der Waals surface area contributed by atoms with Crippen LogP contribution in [-0.2, 0) is 43.9 Å². The van der Waals surface area contributed by atoms with E-state index in [9.17, 15) is 9.90 Å². The Morgan fingerprint density at radius 3 is 2.56 bits per heavy atom. The molecule has 4 aromatic rings. The molecule has 0 saturated heterocycles. The van der Waals surface area contributed by atoms with Gasteiger partial charge in [0.05, 0.1) is 20.5 Å². The zero-order valence-electron chi connectivity index (χ0n) is 12.9. The Morgan fingerprint density at radius 1 is 1.08 bits per heavy atom. The van der Waals surface area contributed by atoms with Gasteiger partial charge in [0.1, 0.15) is 11.5 Å². The van der Waals surface area contributed by atoms with Crippen molar-refractivity contribution >= 4 is 50.3 Å². The Hall–Kier alpha value is -0.976. The summed E-state index contributed by atoms with van der Waals surface area (Å²) in [6, 6.07) is 15.6. The van der Waals surface area contributed by atoms with Crippen molar-refractivity contribution in [3.63, 3.8) is 0 Å². The van der Waals surface area contributed by atoms with E-state index in [0.29, 0.717) is 21.4 Å². The zero-order valence-corrected chi connectivity index (χ0v) is 18.1. The molecule has 3 aromatic heterocycles. The van der Waals surface area contributed by atoms with E-state index < -0.39 is 5.97 Å². The van der Waals surface area contributed by atoms with Crippen molar-refractivity contribution in [1.29, 1.82) is 0 Å². The third kappa shape index (κ3) is 3.91. The molecule has 0 amide bonds. The molecule has 3 nitrogen and oxygen atoms in total. The van der Waals surface area contributed by atoms with Crippen LogP contribution in [0.1, 0.15) is 5.56 Å². The molecule has 123 valence electrons. The number of carboxylic acid groups (broad SMARTS) is 1. The first-order chi connectivity index (χ1) is 11.6. The van der Waals surface area contributed by atoms with Gasteiger partial charge >= 0.3 is 5.97 Å². The molecule has 1 N–H and O–H groups in total. The second-order valence-corrected chi connectivity index (χ2v) is 8.09. The summed E-state index contributed by atoms with van der Waals surface area (Å²) in [4.78, 5) is 13.0. The number of carbonyl (C=O) groups is 1. The quantitative estimate of drug-likeness (QED) is 0.394. The molecule has 0 aliphatic carbocycles. The number of furan rings is 1. The van der Waals surface area contributed by atoms with Crippen molar-refractivity contribution in [2.75, 3.05) is 0 Å². The van der Waals surface area contributed by atoms with E-state index in [1.165, 1.54) is 16.0 Å². The molecule has 0 aliphatic rings. The largest absolute Gasteiger partial charge is 0.481 e. The molecule has 0 atom stereocenters. The Labute approximate surface area is 182 Å². The predicted molar refractivity (Wildman–Crippen MR) is 99.2 cm³/mol. The van der Waals surface area contributed by atoms with Gasteiger partial charge in [-0.05, 0) is 35.7 Å². The SMILES string of the molecule is O=C(O)Cc1cc(-c2cc3ccccc3s2)oc1-c1ccc(Cl)s1.[Y]. The molecule has 0 saturated carbocycles. The van der Waals surface area contributed by atoms with E-state index in [0.717, 1.165) is 15.1 Å². The number of hydrogen-bond acceptors (Lipinski definition) is 4.